The van der Waals surface area contributed by atoms with Crippen LogP contribution in [0.15, 0.2) is 23.3 Å². The molecule has 5 heteroatoms. The van der Waals surface area contributed by atoms with Gasteiger partial charge in [0.05, 0.1) is 5.54 Å². The van der Waals surface area contributed by atoms with Gasteiger partial charge in [-0.1, -0.05) is 0 Å². The Morgan fingerprint density at radius 2 is 2.38 bits per heavy atom. The second-order valence-corrected chi connectivity index (χ2v) is 4.36. The smallest absolute Gasteiger partial charge is 0.257 e. The van der Waals surface area contributed by atoms with E-state index in [9.17, 15) is 9.59 Å². The van der Waals surface area contributed by atoms with Gasteiger partial charge in [0.2, 0.25) is 0 Å². The Morgan fingerprint density at radius 1 is 1.56 bits per heavy atom. The Morgan fingerprint density at radius 3 is 3.00 bits per heavy atom. The van der Waals surface area contributed by atoms with Gasteiger partial charge in [-0.15, -0.1) is 0 Å². The van der Waals surface area contributed by atoms with Crippen molar-refractivity contribution in [2.24, 2.45) is 0 Å². The highest BCUT2D eigenvalue weighted by atomic mass is 16.2. The van der Waals surface area contributed by atoms with Crippen LogP contribution in [0.2, 0.25) is 0 Å². The van der Waals surface area contributed by atoms with E-state index in [1.807, 2.05) is 6.92 Å². The number of H-pyrrole nitrogens is 1. The van der Waals surface area contributed by atoms with E-state index in [2.05, 4.69) is 15.6 Å². The highest BCUT2D eigenvalue weighted by Crippen LogP contribution is 2.13. The third-order valence-electron chi connectivity index (χ3n) is 2.85. The average Bonchev–Trinajstić information content (AvgIpc) is 2.65. The fourth-order valence-electron chi connectivity index (χ4n) is 1.86. The third kappa shape index (κ3) is 2.14. The van der Waals surface area contributed by atoms with Gasteiger partial charge >= 0.3 is 0 Å². The van der Waals surface area contributed by atoms with E-state index in [4.69, 9.17) is 0 Å². The van der Waals surface area contributed by atoms with Crippen LogP contribution in [-0.2, 0) is 0 Å². The topological polar surface area (TPSA) is 74.0 Å². The fourth-order valence-corrected chi connectivity index (χ4v) is 1.86. The van der Waals surface area contributed by atoms with Gasteiger partial charge in [-0.25, -0.2) is 0 Å². The van der Waals surface area contributed by atoms with Crippen LogP contribution in [0.4, 0.5) is 0 Å². The summed E-state index contributed by atoms with van der Waals surface area (Å²) in [4.78, 5) is 26.1. The molecular weight excluding hydrogens is 206 g/mol. The van der Waals surface area contributed by atoms with Crippen molar-refractivity contribution in [1.29, 1.82) is 0 Å². The van der Waals surface area contributed by atoms with E-state index < -0.39 is 0 Å². The number of carbonyl (C=O) groups is 1. The summed E-state index contributed by atoms with van der Waals surface area (Å²) in [7, 11) is 0. The van der Waals surface area contributed by atoms with Crippen molar-refractivity contribution in [1.82, 2.24) is 15.6 Å². The number of aromatic amines is 1. The molecule has 5 nitrogen and oxygen atoms in total. The van der Waals surface area contributed by atoms with Crippen LogP contribution in [0.3, 0.4) is 0 Å². The lowest BCUT2D eigenvalue weighted by Crippen LogP contribution is -2.48. The zero-order chi connectivity index (χ0) is 11.6. The largest absolute Gasteiger partial charge is 0.367 e. The first-order chi connectivity index (χ1) is 7.61. The summed E-state index contributed by atoms with van der Waals surface area (Å²) in [5.74, 6) is -0.312. The Balaban J connectivity index is 2.15. The lowest BCUT2D eigenvalue weighted by atomic mass is 10.0. The first-order valence-electron chi connectivity index (χ1n) is 5.31. The molecule has 0 aromatic carbocycles. The summed E-state index contributed by atoms with van der Waals surface area (Å²) in [6.45, 7) is 3.60. The Hall–Kier alpha value is -1.62. The summed E-state index contributed by atoms with van der Waals surface area (Å²) >= 11 is 0. The fraction of sp³-hybridized carbons (Fsp3) is 0.455. The molecule has 2 heterocycles. The van der Waals surface area contributed by atoms with Crippen molar-refractivity contribution in [3.05, 3.63) is 34.2 Å². The number of carbonyl (C=O) groups excluding carboxylic acids is 1. The Bertz CT molecular complexity index is 447. The van der Waals surface area contributed by atoms with Crippen molar-refractivity contribution in [2.75, 3.05) is 13.1 Å². The number of rotatable bonds is 2. The molecule has 86 valence electrons. The van der Waals surface area contributed by atoms with Gasteiger partial charge in [0.15, 0.2) is 5.43 Å². The molecule has 0 spiro atoms. The molecule has 0 aliphatic carbocycles. The molecule has 16 heavy (non-hydrogen) atoms. The average molecular weight is 221 g/mol. The molecule has 0 bridgehead atoms. The number of amides is 1. The predicted molar refractivity (Wildman–Crippen MR) is 60.4 cm³/mol. The predicted octanol–water partition coefficient (Wildman–Crippen LogP) is -0.143. The molecule has 1 aliphatic heterocycles. The lowest BCUT2D eigenvalue weighted by molar-refractivity contribution is 0.0911. The zero-order valence-corrected chi connectivity index (χ0v) is 9.17. The van der Waals surface area contributed by atoms with Crippen molar-refractivity contribution in [3.63, 3.8) is 0 Å². The van der Waals surface area contributed by atoms with Crippen LogP contribution in [0.5, 0.6) is 0 Å². The number of hydrogen-bond acceptors (Lipinski definition) is 3. The van der Waals surface area contributed by atoms with Crippen molar-refractivity contribution in [3.8, 4) is 0 Å². The summed E-state index contributed by atoms with van der Waals surface area (Å²) in [6, 6.07) is 1.35. The second-order valence-electron chi connectivity index (χ2n) is 4.36. The zero-order valence-electron chi connectivity index (χ0n) is 9.17. The minimum Gasteiger partial charge on any atom is -0.367 e. The molecule has 1 aromatic rings. The number of hydrogen-bond donors (Lipinski definition) is 3. The minimum absolute atomic E-state index is 0.163. The highest BCUT2D eigenvalue weighted by molar-refractivity contribution is 5.94. The van der Waals surface area contributed by atoms with Crippen LogP contribution in [0.1, 0.15) is 23.7 Å². The molecule has 1 aliphatic rings. The van der Waals surface area contributed by atoms with E-state index in [1.54, 1.807) is 0 Å². The molecule has 1 aromatic heterocycles. The summed E-state index contributed by atoms with van der Waals surface area (Å²) < 4.78 is 0. The standard InChI is InChI=1S/C11H15N3O2/c1-11(3-5-13-7-11)14-10(16)8-6-12-4-2-9(8)15/h2,4,6,13H,3,5,7H2,1H3,(H,12,15)(H,14,16). The van der Waals surface area contributed by atoms with Gasteiger partial charge in [0.25, 0.3) is 5.91 Å². The molecule has 3 N–H and O–H groups in total. The van der Waals surface area contributed by atoms with Gasteiger partial charge in [0.1, 0.15) is 5.56 Å². The molecule has 0 radical (unpaired) electrons. The molecule has 1 saturated heterocycles. The molecule has 1 fully saturated rings. The Kier molecular flexibility index (Phi) is 2.78. The number of pyridine rings is 1. The maximum absolute atomic E-state index is 11.9. The maximum Gasteiger partial charge on any atom is 0.257 e. The molecular formula is C11H15N3O2. The van der Waals surface area contributed by atoms with E-state index in [1.165, 1.54) is 18.5 Å². The van der Waals surface area contributed by atoms with Gasteiger partial charge in [-0.3, -0.25) is 9.59 Å². The first-order valence-corrected chi connectivity index (χ1v) is 5.31. The molecule has 2 rings (SSSR count). The van der Waals surface area contributed by atoms with Crippen LogP contribution in [0.25, 0.3) is 0 Å². The van der Waals surface area contributed by atoms with Crippen LogP contribution in [-0.4, -0.2) is 29.5 Å². The van der Waals surface area contributed by atoms with Gasteiger partial charge in [-0.05, 0) is 19.9 Å². The third-order valence-corrected chi connectivity index (χ3v) is 2.85. The molecule has 0 saturated carbocycles. The summed E-state index contributed by atoms with van der Waals surface area (Å²) in [5.41, 5.74) is -0.347. The van der Waals surface area contributed by atoms with E-state index in [-0.39, 0.29) is 22.4 Å². The minimum atomic E-state index is -0.312. The second kappa shape index (κ2) is 4.09. The Labute approximate surface area is 93.3 Å². The molecule has 1 unspecified atom stereocenters. The summed E-state index contributed by atoms with van der Waals surface area (Å²) in [6.07, 6.45) is 3.82. The summed E-state index contributed by atoms with van der Waals surface area (Å²) in [5, 5.41) is 6.07. The van der Waals surface area contributed by atoms with Crippen molar-refractivity contribution in [2.45, 2.75) is 18.9 Å². The van der Waals surface area contributed by atoms with Gasteiger partial charge in [-0.2, -0.15) is 0 Å². The van der Waals surface area contributed by atoms with Crippen molar-refractivity contribution >= 4 is 5.91 Å². The lowest BCUT2D eigenvalue weighted by Gasteiger charge is -2.24. The molecule has 1 amide bonds. The quantitative estimate of drug-likeness (QED) is 0.650. The van der Waals surface area contributed by atoms with E-state index in [0.29, 0.717) is 0 Å². The van der Waals surface area contributed by atoms with Crippen LogP contribution >= 0.6 is 0 Å². The first kappa shape index (κ1) is 10.9. The van der Waals surface area contributed by atoms with Gasteiger partial charge < -0.3 is 15.6 Å². The van der Waals surface area contributed by atoms with Crippen molar-refractivity contribution < 1.29 is 4.79 Å². The number of nitrogens with one attached hydrogen (secondary N) is 3. The number of aromatic nitrogens is 1. The van der Waals surface area contributed by atoms with Crippen LogP contribution < -0.4 is 16.1 Å². The normalized spacial score (nSPS) is 24.3. The van der Waals surface area contributed by atoms with E-state index in [0.717, 1.165) is 19.5 Å². The SMILES string of the molecule is CC1(NC(=O)c2c[nH]ccc2=O)CCNC1. The van der Waals surface area contributed by atoms with Crippen LogP contribution in [0, 0.1) is 0 Å². The monoisotopic (exact) mass is 221 g/mol. The maximum atomic E-state index is 11.9. The highest BCUT2D eigenvalue weighted by Gasteiger charge is 2.30. The van der Waals surface area contributed by atoms with Gasteiger partial charge in [0, 0.05) is 25.0 Å². The van der Waals surface area contributed by atoms with E-state index >= 15 is 0 Å². The molecule has 1 atom stereocenters.